The highest BCUT2D eigenvalue weighted by molar-refractivity contribution is 5.32. The van der Waals surface area contributed by atoms with Gasteiger partial charge in [-0.05, 0) is 30.2 Å². The van der Waals surface area contributed by atoms with Crippen molar-refractivity contribution >= 4 is 0 Å². The van der Waals surface area contributed by atoms with Gasteiger partial charge in [0.2, 0.25) is 0 Å². The third-order valence-electron chi connectivity index (χ3n) is 2.02. The molecule has 1 N–H and O–H groups in total. The molecule has 0 spiro atoms. The van der Waals surface area contributed by atoms with Crippen LogP contribution in [-0.4, -0.2) is 6.54 Å². The average Bonchev–Trinajstić information content (AvgIpc) is 2.70. The van der Waals surface area contributed by atoms with Gasteiger partial charge in [0.1, 0.15) is 5.82 Å². The van der Waals surface area contributed by atoms with E-state index in [9.17, 15) is 4.39 Å². The lowest BCUT2D eigenvalue weighted by molar-refractivity contribution is 0.625. The zero-order valence-electron chi connectivity index (χ0n) is 6.39. The molecule has 58 valence electrons. The molecule has 0 bridgehead atoms. The molecular formula is C9H10FN. The van der Waals surface area contributed by atoms with Crippen LogP contribution in [0.3, 0.4) is 0 Å². The van der Waals surface area contributed by atoms with Crippen LogP contribution in [0.15, 0.2) is 18.2 Å². The fourth-order valence-corrected chi connectivity index (χ4v) is 1.31. The number of benzene rings is 1. The van der Waals surface area contributed by atoms with E-state index in [1.165, 1.54) is 11.6 Å². The highest BCUT2D eigenvalue weighted by atomic mass is 19.1. The minimum Gasteiger partial charge on any atom is -0.307 e. The van der Waals surface area contributed by atoms with Gasteiger partial charge in [-0.1, -0.05) is 6.07 Å². The third kappa shape index (κ3) is 1.26. The summed E-state index contributed by atoms with van der Waals surface area (Å²) in [5.41, 5.74) is 2.27. The summed E-state index contributed by atoms with van der Waals surface area (Å²) in [5.74, 6) is -0.146. The smallest absolute Gasteiger partial charge is 0.123 e. The molecule has 2 heteroatoms. The largest absolute Gasteiger partial charge is 0.307 e. The van der Waals surface area contributed by atoms with E-state index in [4.69, 9.17) is 0 Å². The standard InChI is InChI=1S/C9H10FN/c1-6-4-7(10)2-3-8(6)9-5-11-9/h2-4,9,11H,5H2,1H3/t9-/m1/s1. The van der Waals surface area contributed by atoms with Crippen LogP contribution in [0.25, 0.3) is 0 Å². The van der Waals surface area contributed by atoms with Crippen molar-refractivity contribution in [2.45, 2.75) is 13.0 Å². The van der Waals surface area contributed by atoms with Crippen molar-refractivity contribution in [3.05, 3.63) is 35.1 Å². The van der Waals surface area contributed by atoms with E-state index in [2.05, 4.69) is 5.32 Å². The van der Waals surface area contributed by atoms with Gasteiger partial charge in [0.25, 0.3) is 0 Å². The Hall–Kier alpha value is -0.890. The molecule has 0 saturated carbocycles. The molecule has 1 saturated heterocycles. The van der Waals surface area contributed by atoms with Gasteiger partial charge in [-0.3, -0.25) is 0 Å². The minimum atomic E-state index is -0.146. The van der Waals surface area contributed by atoms with E-state index in [-0.39, 0.29) is 5.82 Å². The van der Waals surface area contributed by atoms with Gasteiger partial charge in [0.05, 0.1) is 0 Å². The number of hydrogen-bond donors (Lipinski definition) is 1. The molecule has 1 aromatic rings. The van der Waals surface area contributed by atoms with Gasteiger partial charge < -0.3 is 5.32 Å². The van der Waals surface area contributed by atoms with Crippen molar-refractivity contribution in [1.29, 1.82) is 0 Å². The fourth-order valence-electron chi connectivity index (χ4n) is 1.31. The second-order valence-corrected chi connectivity index (χ2v) is 2.96. The molecule has 1 heterocycles. The molecule has 11 heavy (non-hydrogen) atoms. The molecule has 1 aliphatic rings. The molecule has 1 aliphatic heterocycles. The van der Waals surface area contributed by atoms with Crippen molar-refractivity contribution in [2.75, 3.05) is 6.54 Å². The van der Waals surface area contributed by atoms with Gasteiger partial charge in [0.15, 0.2) is 0 Å². The monoisotopic (exact) mass is 151 g/mol. The third-order valence-corrected chi connectivity index (χ3v) is 2.02. The number of halogens is 1. The highest BCUT2D eigenvalue weighted by Gasteiger charge is 2.23. The topological polar surface area (TPSA) is 21.9 Å². The maximum atomic E-state index is 12.6. The van der Waals surface area contributed by atoms with E-state index < -0.39 is 0 Å². The summed E-state index contributed by atoms with van der Waals surface area (Å²) in [6, 6.07) is 5.43. The SMILES string of the molecule is Cc1cc(F)ccc1[C@H]1CN1. The van der Waals surface area contributed by atoms with Crippen LogP contribution in [0.4, 0.5) is 4.39 Å². The van der Waals surface area contributed by atoms with Gasteiger partial charge in [-0.15, -0.1) is 0 Å². The highest BCUT2D eigenvalue weighted by Crippen LogP contribution is 2.24. The Bertz CT molecular complexity index is 279. The molecule has 0 aromatic heterocycles. The first-order chi connectivity index (χ1) is 5.27. The van der Waals surface area contributed by atoms with Gasteiger partial charge >= 0.3 is 0 Å². The molecule has 1 atom stereocenters. The molecule has 0 aliphatic carbocycles. The summed E-state index contributed by atoms with van der Waals surface area (Å²) in [6.45, 7) is 2.98. The Morgan fingerprint density at radius 3 is 2.82 bits per heavy atom. The molecule has 0 radical (unpaired) electrons. The molecule has 0 unspecified atom stereocenters. The molecule has 1 aromatic carbocycles. The zero-order chi connectivity index (χ0) is 7.84. The van der Waals surface area contributed by atoms with Gasteiger partial charge in [-0.2, -0.15) is 0 Å². The Kier molecular flexibility index (Phi) is 1.43. The summed E-state index contributed by atoms with van der Waals surface area (Å²) in [5, 5.41) is 3.19. The molecular weight excluding hydrogens is 141 g/mol. The van der Waals surface area contributed by atoms with Crippen molar-refractivity contribution in [1.82, 2.24) is 5.32 Å². The van der Waals surface area contributed by atoms with Crippen LogP contribution in [0.5, 0.6) is 0 Å². The van der Waals surface area contributed by atoms with Crippen LogP contribution in [0, 0.1) is 12.7 Å². The lowest BCUT2D eigenvalue weighted by Crippen LogP contribution is -1.89. The van der Waals surface area contributed by atoms with Gasteiger partial charge in [-0.25, -0.2) is 4.39 Å². The quantitative estimate of drug-likeness (QED) is 0.607. The first-order valence-electron chi connectivity index (χ1n) is 3.77. The molecule has 0 amide bonds. The van der Waals surface area contributed by atoms with Crippen LogP contribution in [-0.2, 0) is 0 Å². The zero-order valence-corrected chi connectivity index (χ0v) is 6.39. The van der Waals surface area contributed by atoms with Crippen molar-refractivity contribution in [3.63, 3.8) is 0 Å². The Balaban J connectivity index is 2.39. The maximum Gasteiger partial charge on any atom is 0.123 e. The van der Waals surface area contributed by atoms with Crippen LogP contribution < -0.4 is 5.32 Å². The second kappa shape index (κ2) is 2.31. The first kappa shape index (κ1) is 6.80. The summed E-state index contributed by atoms with van der Waals surface area (Å²) >= 11 is 0. The van der Waals surface area contributed by atoms with Crippen LogP contribution in [0.1, 0.15) is 17.2 Å². The number of rotatable bonds is 1. The normalized spacial score (nSPS) is 21.8. The van der Waals surface area contributed by atoms with Crippen LogP contribution in [0.2, 0.25) is 0 Å². The average molecular weight is 151 g/mol. The van der Waals surface area contributed by atoms with E-state index in [1.54, 1.807) is 6.07 Å². The van der Waals surface area contributed by atoms with E-state index >= 15 is 0 Å². The number of hydrogen-bond acceptors (Lipinski definition) is 1. The lowest BCUT2D eigenvalue weighted by Gasteiger charge is -2.01. The number of aryl methyl sites for hydroxylation is 1. The van der Waals surface area contributed by atoms with Crippen molar-refractivity contribution < 1.29 is 4.39 Å². The van der Waals surface area contributed by atoms with Crippen LogP contribution >= 0.6 is 0 Å². The predicted octanol–water partition coefficient (Wildman–Crippen LogP) is 1.78. The first-order valence-corrected chi connectivity index (χ1v) is 3.77. The second-order valence-electron chi connectivity index (χ2n) is 2.96. The van der Waals surface area contributed by atoms with Gasteiger partial charge in [0, 0.05) is 12.6 Å². The summed E-state index contributed by atoms with van der Waals surface area (Å²) in [7, 11) is 0. The lowest BCUT2D eigenvalue weighted by atomic mass is 10.1. The Morgan fingerprint density at radius 2 is 2.27 bits per heavy atom. The Morgan fingerprint density at radius 1 is 1.55 bits per heavy atom. The maximum absolute atomic E-state index is 12.6. The predicted molar refractivity (Wildman–Crippen MR) is 41.9 cm³/mol. The van der Waals surface area contributed by atoms with E-state index in [1.807, 2.05) is 13.0 Å². The van der Waals surface area contributed by atoms with Crippen molar-refractivity contribution in [2.24, 2.45) is 0 Å². The molecule has 1 nitrogen and oxygen atoms in total. The summed E-state index contributed by atoms with van der Waals surface area (Å²) < 4.78 is 12.6. The molecule has 1 fully saturated rings. The Labute approximate surface area is 65.2 Å². The molecule has 2 rings (SSSR count). The van der Waals surface area contributed by atoms with E-state index in [0.717, 1.165) is 12.1 Å². The number of nitrogens with one attached hydrogen (secondary N) is 1. The van der Waals surface area contributed by atoms with Crippen molar-refractivity contribution in [3.8, 4) is 0 Å². The fraction of sp³-hybridized carbons (Fsp3) is 0.333. The summed E-state index contributed by atoms with van der Waals surface area (Å²) in [4.78, 5) is 0. The van der Waals surface area contributed by atoms with E-state index in [0.29, 0.717) is 6.04 Å². The minimum absolute atomic E-state index is 0.146. The summed E-state index contributed by atoms with van der Waals surface area (Å²) in [6.07, 6.45) is 0.